The summed E-state index contributed by atoms with van der Waals surface area (Å²) in [6, 6.07) is 9.24. The third-order valence-electron chi connectivity index (χ3n) is 6.90. The fourth-order valence-electron chi connectivity index (χ4n) is 4.52. The number of carbonyl (C=O) groups excluding carboxylic acids is 1. The first-order valence-corrected chi connectivity index (χ1v) is 15.2. The van der Waals surface area contributed by atoms with Crippen molar-refractivity contribution in [1.29, 1.82) is 0 Å². The van der Waals surface area contributed by atoms with Crippen molar-refractivity contribution in [2.45, 2.75) is 84.0 Å². The van der Waals surface area contributed by atoms with E-state index in [0.717, 1.165) is 43.2 Å². The third-order valence-corrected chi connectivity index (χ3v) is 6.90. The number of ether oxygens (including phenoxy) is 5. The van der Waals surface area contributed by atoms with Crippen LogP contribution in [0.1, 0.15) is 95.1 Å². The Labute approximate surface area is 253 Å². The van der Waals surface area contributed by atoms with Gasteiger partial charge in [-0.25, -0.2) is 0 Å². The van der Waals surface area contributed by atoms with E-state index < -0.39 is 0 Å². The fraction of sp³-hybridized carbons (Fsp3) is 0.472. The largest absolute Gasteiger partial charge is 0.493 e. The molecule has 0 N–H and O–H groups in total. The van der Waals surface area contributed by atoms with Gasteiger partial charge in [0.05, 0.1) is 28.4 Å². The zero-order valence-corrected chi connectivity index (χ0v) is 26.3. The molecule has 6 heteroatoms. The molecule has 0 unspecified atom stereocenters. The number of hydrogen-bond donors (Lipinski definition) is 0. The summed E-state index contributed by atoms with van der Waals surface area (Å²) in [7, 11) is 6.32. The molecule has 6 nitrogen and oxygen atoms in total. The maximum Gasteiger partial charge on any atom is 0.311 e. The van der Waals surface area contributed by atoms with Crippen LogP contribution in [-0.4, -0.2) is 34.4 Å². The Kier molecular flexibility index (Phi) is 17.3. The zero-order chi connectivity index (χ0) is 30.4. The van der Waals surface area contributed by atoms with Gasteiger partial charge in [0.2, 0.25) is 5.75 Å². The van der Waals surface area contributed by atoms with Crippen LogP contribution in [0.5, 0.6) is 28.7 Å². The van der Waals surface area contributed by atoms with Crippen LogP contribution in [0.15, 0.2) is 54.6 Å². The van der Waals surface area contributed by atoms with Gasteiger partial charge < -0.3 is 23.7 Å². The Balaban J connectivity index is 1.73. The van der Waals surface area contributed by atoms with Crippen LogP contribution in [-0.2, 0) is 4.79 Å². The minimum atomic E-state index is -0.236. The lowest BCUT2D eigenvalue weighted by Crippen LogP contribution is -2.08. The van der Waals surface area contributed by atoms with E-state index >= 15 is 0 Å². The number of allylic oxidation sites excluding steroid dienone is 4. The highest BCUT2D eigenvalue weighted by Gasteiger charge is 2.13. The second-order valence-electron chi connectivity index (χ2n) is 10.2. The monoisotopic (exact) mass is 578 g/mol. The third kappa shape index (κ3) is 12.9. The molecule has 0 radical (unpaired) electrons. The SMILES string of the molecule is CCCCC/C=C\C/C=C\CCCCCCCC(=O)Oc1ccc(/C=C/c2cc(OC)c(OC)c(OC)c2)cc1OC. The van der Waals surface area contributed by atoms with Crippen LogP contribution in [0.4, 0.5) is 0 Å². The van der Waals surface area contributed by atoms with Gasteiger partial charge in [0, 0.05) is 6.42 Å². The first-order valence-electron chi connectivity index (χ1n) is 15.2. The van der Waals surface area contributed by atoms with Crippen molar-refractivity contribution in [1.82, 2.24) is 0 Å². The number of hydrogen-bond acceptors (Lipinski definition) is 6. The van der Waals surface area contributed by atoms with Crippen LogP contribution in [0.25, 0.3) is 12.2 Å². The molecule has 0 aromatic heterocycles. The van der Waals surface area contributed by atoms with Crippen molar-refractivity contribution in [2.75, 3.05) is 28.4 Å². The van der Waals surface area contributed by atoms with Gasteiger partial charge in [-0.15, -0.1) is 0 Å². The van der Waals surface area contributed by atoms with Gasteiger partial charge in [-0.3, -0.25) is 4.79 Å². The molecule has 230 valence electrons. The molecule has 0 aliphatic carbocycles. The summed E-state index contributed by atoms with van der Waals surface area (Å²) in [5.74, 6) is 2.41. The van der Waals surface area contributed by atoms with Crippen molar-refractivity contribution >= 4 is 18.1 Å². The van der Waals surface area contributed by atoms with Crippen molar-refractivity contribution < 1.29 is 28.5 Å². The minimum absolute atomic E-state index is 0.236. The Bertz CT molecular complexity index is 1120. The van der Waals surface area contributed by atoms with Gasteiger partial charge in [-0.2, -0.15) is 0 Å². The molecule has 0 fully saturated rings. The summed E-state index contributed by atoms with van der Waals surface area (Å²) >= 11 is 0. The molecular weight excluding hydrogens is 528 g/mol. The smallest absolute Gasteiger partial charge is 0.311 e. The Morgan fingerprint density at radius 2 is 1.19 bits per heavy atom. The van der Waals surface area contributed by atoms with E-state index in [4.69, 9.17) is 23.7 Å². The molecular formula is C36H50O6. The first kappa shape index (κ1) is 34.5. The lowest BCUT2D eigenvalue weighted by Gasteiger charge is -2.13. The van der Waals surface area contributed by atoms with E-state index in [1.807, 2.05) is 36.4 Å². The fourth-order valence-corrected chi connectivity index (χ4v) is 4.52. The highest BCUT2D eigenvalue weighted by molar-refractivity contribution is 5.76. The molecule has 0 spiro atoms. The first-order chi connectivity index (χ1) is 20.6. The molecule has 0 saturated heterocycles. The van der Waals surface area contributed by atoms with Crippen LogP contribution in [0, 0.1) is 0 Å². The normalized spacial score (nSPS) is 11.5. The van der Waals surface area contributed by atoms with Crippen molar-refractivity contribution in [3.8, 4) is 28.7 Å². The van der Waals surface area contributed by atoms with Gasteiger partial charge >= 0.3 is 5.97 Å². The van der Waals surface area contributed by atoms with Crippen molar-refractivity contribution in [3.63, 3.8) is 0 Å². The molecule has 2 aromatic rings. The summed E-state index contributed by atoms with van der Waals surface area (Å²) < 4.78 is 27.4. The quantitative estimate of drug-likeness (QED) is 0.0483. The van der Waals surface area contributed by atoms with E-state index in [1.54, 1.807) is 34.5 Å². The van der Waals surface area contributed by atoms with Crippen LogP contribution in [0.2, 0.25) is 0 Å². The molecule has 0 bridgehead atoms. The second-order valence-corrected chi connectivity index (χ2v) is 10.2. The zero-order valence-electron chi connectivity index (χ0n) is 26.3. The molecule has 2 rings (SSSR count). The van der Waals surface area contributed by atoms with E-state index in [2.05, 4.69) is 31.2 Å². The topological polar surface area (TPSA) is 63.2 Å². The predicted octanol–water partition coefficient (Wildman–Crippen LogP) is 9.61. The number of benzene rings is 2. The summed E-state index contributed by atoms with van der Waals surface area (Å²) in [6.07, 6.45) is 26.0. The number of carbonyl (C=O) groups is 1. The molecule has 0 amide bonds. The Hall–Kier alpha value is -3.67. The van der Waals surface area contributed by atoms with Crippen LogP contribution >= 0.6 is 0 Å². The van der Waals surface area contributed by atoms with E-state index in [-0.39, 0.29) is 5.97 Å². The Morgan fingerprint density at radius 3 is 1.81 bits per heavy atom. The average molecular weight is 579 g/mol. The van der Waals surface area contributed by atoms with Gasteiger partial charge in [-0.05, 0) is 73.9 Å². The standard InChI is InChI=1S/C36H50O6/c1-6-7-8-9-10-11-12-13-14-15-16-17-18-19-20-21-35(37)42-31-25-24-29(26-32(31)38-2)22-23-30-27-33(39-3)36(41-5)34(28-30)40-4/h10-11,13-14,22-28H,6-9,12,15-21H2,1-5H3/b11-10-,14-13-,23-22+. The summed E-state index contributed by atoms with van der Waals surface area (Å²) in [5, 5.41) is 0. The van der Waals surface area contributed by atoms with E-state index in [0.29, 0.717) is 35.2 Å². The maximum atomic E-state index is 12.4. The lowest BCUT2D eigenvalue weighted by molar-refractivity contribution is -0.134. The van der Waals surface area contributed by atoms with Gasteiger partial charge in [0.25, 0.3) is 0 Å². The van der Waals surface area contributed by atoms with Crippen LogP contribution < -0.4 is 23.7 Å². The molecule has 42 heavy (non-hydrogen) atoms. The minimum Gasteiger partial charge on any atom is -0.493 e. The number of methoxy groups -OCH3 is 4. The van der Waals surface area contributed by atoms with E-state index in [1.165, 1.54) is 38.5 Å². The lowest BCUT2D eigenvalue weighted by atomic mass is 10.1. The highest BCUT2D eigenvalue weighted by atomic mass is 16.6. The summed E-state index contributed by atoms with van der Waals surface area (Å²) in [5.41, 5.74) is 1.78. The highest BCUT2D eigenvalue weighted by Crippen LogP contribution is 2.38. The molecule has 0 saturated carbocycles. The van der Waals surface area contributed by atoms with Gasteiger partial charge in [0.1, 0.15) is 0 Å². The molecule has 0 aliphatic heterocycles. The van der Waals surface area contributed by atoms with Crippen molar-refractivity contribution in [2.24, 2.45) is 0 Å². The van der Waals surface area contributed by atoms with Gasteiger partial charge in [0.15, 0.2) is 23.0 Å². The van der Waals surface area contributed by atoms with Gasteiger partial charge in [-0.1, -0.05) is 81.6 Å². The number of rotatable bonds is 21. The predicted molar refractivity (Wildman–Crippen MR) is 173 cm³/mol. The second kappa shape index (κ2) is 21.1. The summed E-state index contributed by atoms with van der Waals surface area (Å²) in [6.45, 7) is 2.24. The van der Waals surface area contributed by atoms with Crippen LogP contribution in [0.3, 0.4) is 0 Å². The number of unbranched alkanes of at least 4 members (excludes halogenated alkanes) is 8. The maximum absolute atomic E-state index is 12.4. The molecule has 0 heterocycles. The van der Waals surface area contributed by atoms with Crippen molar-refractivity contribution in [3.05, 3.63) is 65.8 Å². The molecule has 0 aliphatic rings. The Morgan fingerprint density at radius 1 is 0.619 bits per heavy atom. The summed E-state index contributed by atoms with van der Waals surface area (Å²) in [4.78, 5) is 12.4. The number of esters is 1. The molecule has 0 atom stereocenters. The molecule has 2 aromatic carbocycles. The van der Waals surface area contributed by atoms with E-state index in [9.17, 15) is 4.79 Å². The average Bonchev–Trinajstić information content (AvgIpc) is 3.01.